The lowest BCUT2D eigenvalue weighted by atomic mass is 10.2. The number of fused-ring (bicyclic) bond motifs is 1. The number of hydrogen-bond donors (Lipinski definition) is 1. The summed E-state index contributed by atoms with van der Waals surface area (Å²) < 4.78 is 5.00. The van der Waals surface area contributed by atoms with E-state index in [1.807, 2.05) is 17.5 Å². The van der Waals surface area contributed by atoms with Gasteiger partial charge in [-0.15, -0.1) is 0 Å². The van der Waals surface area contributed by atoms with Gasteiger partial charge in [-0.25, -0.2) is 4.79 Å². The minimum atomic E-state index is -0.445. The number of amides is 1. The third kappa shape index (κ3) is 1.70. The maximum Gasteiger partial charge on any atom is 0.412 e. The normalized spacial score (nSPS) is 10.1. The SMILES string of the molecule is CNC(=O)Oc1ccc2cscc2c1. The Morgan fingerprint density at radius 3 is 2.93 bits per heavy atom. The van der Waals surface area contributed by atoms with E-state index in [4.69, 9.17) is 4.74 Å². The van der Waals surface area contributed by atoms with Crippen molar-refractivity contribution in [1.82, 2.24) is 5.32 Å². The molecule has 0 saturated heterocycles. The van der Waals surface area contributed by atoms with Crippen molar-refractivity contribution in [2.45, 2.75) is 0 Å². The first-order chi connectivity index (χ1) is 6.79. The molecule has 72 valence electrons. The molecule has 14 heavy (non-hydrogen) atoms. The summed E-state index contributed by atoms with van der Waals surface area (Å²) in [6, 6.07) is 5.56. The van der Waals surface area contributed by atoms with Crippen LogP contribution in [0.5, 0.6) is 5.75 Å². The Balaban J connectivity index is 2.30. The van der Waals surface area contributed by atoms with E-state index in [0.29, 0.717) is 5.75 Å². The van der Waals surface area contributed by atoms with Crippen LogP contribution in [0.4, 0.5) is 4.79 Å². The second kappa shape index (κ2) is 3.67. The minimum Gasteiger partial charge on any atom is -0.410 e. The largest absolute Gasteiger partial charge is 0.412 e. The number of rotatable bonds is 1. The lowest BCUT2D eigenvalue weighted by Gasteiger charge is -2.02. The molecule has 0 spiro atoms. The lowest BCUT2D eigenvalue weighted by molar-refractivity contribution is 0.203. The highest BCUT2D eigenvalue weighted by Gasteiger charge is 2.02. The molecule has 3 nitrogen and oxygen atoms in total. The van der Waals surface area contributed by atoms with Crippen LogP contribution in [0.25, 0.3) is 10.8 Å². The van der Waals surface area contributed by atoms with Gasteiger partial charge in [-0.3, -0.25) is 0 Å². The summed E-state index contributed by atoms with van der Waals surface area (Å²) >= 11 is 1.63. The van der Waals surface area contributed by atoms with Crippen LogP contribution in [0.2, 0.25) is 0 Å². The fraction of sp³-hybridized carbons (Fsp3) is 0.100. The average Bonchev–Trinajstić information content (AvgIpc) is 2.64. The predicted molar refractivity (Wildman–Crippen MR) is 56.9 cm³/mol. The zero-order valence-electron chi connectivity index (χ0n) is 7.61. The Morgan fingerprint density at radius 1 is 1.36 bits per heavy atom. The molecule has 0 bridgehead atoms. The molecule has 1 aromatic heterocycles. The number of nitrogens with one attached hydrogen (secondary N) is 1. The summed E-state index contributed by atoms with van der Waals surface area (Å²) in [6.45, 7) is 0. The van der Waals surface area contributed by atoms with Crippen molar-refractivity contribution in [3.8, 4) is 5.75 Å². The van der Waals surface area contributed by atoms with Gasteiger partial charge in [0, 0.05) is 7.05 Å². The van der Waals surface area contributed by atoms with E-state index < -0.39 is 6.09 Å². The van der Waals surface area contributed by atoms with Gasteiger partial charge in [0.1, 0.15) is 5.75 Å². The Morgan fingerprint density at radius 2 is 2.14 bits per heavy atom. The van der Waals surface area contributed by atoms with E-state index in [1.165, 1.54) is 12.4 Å². The summed E-state index contributed by atoms with van der Waals surface area (Å²) in [7, 11) is 1.53. The molecule has 2 rings (SSSR count). The summed E-state index contributed by atoms with van der Waals surface area (Å²) in [5, 5.41) is 8.73. The molecular weight excluding hydrogens is 198 g/mol. The van der Waals surface area contributed by atoms with Gasteiger partial charge in [-0.05, 0) is 39.7 Å². The van der Waals surface area contributed by atoms with Crippen LogP contribution in [-0.2, 0) is 0 Å². The molecule has 1 aromatic carbocycles. The van der Waals surface area contributed by atoms with E-state index >= 15 is 0 Å². The van der Waals surface area contributed by atoms with Crippen LogP contribution in [0.1, 0.15) is 0 Å². The van der Waals surface area contributed by atoms with Crippen molar-refractivity contribution in [3.05, 3.63) is 29.0 Å². The molecule has 1 heterocycles. The highest BCUT2D eigenvalue weighted by Crippen LogP contribution is 2.23. The fourth-order valence-corrected chi connectivity index (χ4v) is 1.94. The monoisotopic (exact) mass is 207 g/mol. The van der Waals surface area contributed by atoms with Crippen LogP contribution < -0.4 is 10.1 Å². The highest BCUT2D eigenvalue weighted by atomic mass is 32.1. The third-order valence-electron chi connectivity index (χ3n) is 1.86. The number of ether oxygens (including phenoxy) is 1. The molecule has 1 N–H and O–H groups in total. The molecule has 2 aromatic rings. The van der Waals surface area contributed by atoms with Crippen LogP contribution in [0.3, 0.4) is 0 Å². The topological polar surface area (TPSA) is 38.3 Å². The van der Waals surface area contributed by atoms with Crippen molar-refractivity contribution in [1.29, 1.82) is 0 Å². The number of hydrogen-bond acceptors (Lipinski definition) is 3. The summed E-state index contributed by atoms with van der Waals surface area (Å²) in [6.07, 6.45) is -0.445. The number of carbonyl (C=O) groups excluding carboxylic acids is 1. The number of benzene rings is 1. The van der Waals surface area contributed by atoms with Crippen LogP contribution in [0.15, 0.2) is 29.0 Å². The Hall–Kier alpha value is -1.55. The van der Waals surface area contributed by atoms with E-state index in [1.54, 1.807) is 17.4 Å². The molecule has 0 saturated carbocycles. The molecule has 1 amide bonds. The summed E-state index contributed by atoms with van der Waals surface area (Å²) in [4.78, 5) is 10.9. The van der Waals surface area contributed by atoms with Gasteiger partial charge >= 0.3 is 6.09 Å². The van der Waals surface area contributed by atoms with Crippen molar-refractivity contribution in [2.24, 2.45) is 0 Å². The first-order valence-electron chi connectivity index (χ1n) is 4.15. The predicted octanol–water partition coefficient (Wildman–Crippen LogP) is 2.62. The quantitative estimate of drug-likeness (QED) is 0.780. The summed E-state index contributed by atoms with van der Waals surface area (Å²) in [5.74, 6) is 0.565. The van der Waals surface area contributed by atoms with Gasteiger partial charge in [0.25, 0.3) is 0 Å². The zero-order valence-corrected chi connectivity index (χ0v) is 8.43. The first-order valence-corrected chi connectivity index (χ1v) is 5.09. The Kier molecular flexibility index (Phi) is 2.37. The number of thiophene rings is 1. The van der Waals surface area contributed by atoms with Gasteiger partial charge in [0.15, 0.2) is 0 Å². The van der Waals surface area contributed by atoms with Crippen molar-refractivity contribution in [2.75, 3.05) is 7.05 Å². The second-order valence-corrected chi connectivity index (χ2v) is 3.55. The molecular formula is C10H9NO2S. The molecule has 0 aliphatic carbocycles. The maximum atomic E-state index is 10.9. The molecule has 0 aliphatic rings. The molecule has 0 atom stereocenters. The molecule has 0 aliphatic heterocycles. The van der Waals surface area contributed by atoms with Crippen LogP contribution >= 0.6 is 11.3 Å². The van der Waals surface area contributed by atoms with Gasteiger partial charge in [-0.2, -0.15) is 11.3 Å². The first kappa shape index (κ1) is 9.02. The maximum absolute atomic E-state index is 10.9. The van der Waals surface area contributed by atoms with E-state index in [9.17, 15) is 4.79 Å². The fourth-order valence-electron chi connectivity index (χ4n) is 1.16. The van der Waals surface area contributed by atoms with Gasteiger partial charge in [-0.1, -0.05) is 0 Å². The van der Waals surface area contributed by atoms with Gasteiger partial charge in [0.05, 0.1) is 0 Å². The van der Waals surface area contributed by atoms with Crippen LogP contribution in [-0.4, -0.2) is 13.1 Å². The molecule has 0 fully saturated rings. The van der Waals surface area contributed by atoms with Crippen molar-refractivity contribution in [3.63, 3.8) is 0 Å². The number of carbonyl (C=O) groups is 1. The molecule has 4 heteroatoms. The highest BCUT2D eigenvalue weighted by molar-refractivity contribution is 7.09. The lowest BCUT2D eigenvalue weighted by Crippen LogP contribution is -2.21. The third-order valence-corrected chi connectivity index (χ3v) is 2.64. The van der Waals surface area contributed by atoms with Crippen molar-refractivity contribution < 1.29 is 9.53 Å². The Bertz CT molecular complexity index is 464. The van der Waals surface area contributed by atoms with Crippen molar-refractivity contribution >= 4 is 28.2 Å². The van der Waals surface area contributed by atoms with Crippen LogP contribution in [0, 0.1) is 0 Å². The smallest absolute Gasteiger partial charge is 0.410 e. The second-order valence-electron chi connectivity index (χ2n) is 2.80. The molecule has 0 unspecified atom stereocenters. The van der Waals surface area contributed by atoms with E-state index in [-0.39, 0.29) is 0 Å². The van der Waals surface area contributed by atoms with E-state index in [2.05, 4.69) is 10.7 Å². The standard InChI is InChI=1S/C10H9NO2S/c1-11-10(12)13-9-3-2-7-5-14-6-8(7)4-9/h2-6H,1H3,(H,11,12). The zero-order chi connectivity index (χ0) is 9.97. The van der Waals surface area contributed by atoms with E-state index in [0.717, 1.165) is 5.39 Å². The molecule has 0 radical (unpaired) electrons. The average molecular weight is 207 g/mol. The Labute approximate surface area is 85.3 Å². The minimum absolute atomic E-state index is 0.445. The summed E-state index contributed by atoms with van der Waals surface area (Å²) in [5.41, 5.74) is 0. The van der Waals surface area contributed by atoms with Gasteiger partial charge < -0.3 is 10.1 Å². The van der Waals surface area contributed by atoms with Gasteiger partial charge in [0.2, 0.25) is 0 Å².